The third kappa shape index (κ3) is 4.29. The van der Waals surface area contributed by atoms with E-state index in [0.717, 1.165) is 36.5 Å². The van der Waals surface area contributed by atoms with Crippen molar-refractivity contribution in [2.24, 2.45) is 17.8 Å². The molecule has 0 spiro atoms. The molecule has 1 N–H and O–H groups in total. The molecule has 0 unspecified atom stereocenters. The van der Waals surface area contributed by atoms with Crippen LogP contribution < -0.4 is 5.32 Å². The van der Waals surface area contributed by atoms with Gasteiger partial charge in [-0.2, -0.15) is 0 Å². The van der Waals surface area contributed by atoms with Crippen LogP contribution in [0.3, 0.4) is 0 Å². The minimum atomic E-state index is 0.0233. The van der Waals surface area contributed by atoms with E-state index in [9.17, 15) is 4.79 Å². The molecule has 6 heteroatoms. The standard InChI is InChI=1S/C24H31N3O2S/c1-16(7-8-17-5-3-2-4-6-17)25-21(28)15-30-23-27-26-22(29-23)24-12-18-9-19(13-24)11-20(10-18)14-24/h2-6,16,18-20H,7-15H2,1H3,(H,25,28)/t16-,18?,19?,20?,24?/m1/s1. The topological polar surface area (TPSA) is 68.0 Å². The van der Waals surface area contributed by atoms with Crippen LogP contribution in [0.2, 0.25) is 0 Å². The number of benzene rings is 1. The molecule has 4 aliphatic carbocycles. The number of thioether (sulfide) groups is 1. The number of aromatic nitrogens is 2. The van der Waals surface area contributed by atoms with Crippen molar-refractivity contribution in [3.63, 3.8) is 0 Å². The molecule has 1 atom stereocenters. The van der Waals surface area contributed by atoms with Crippen molar-refractivity contribution in [2.45, 2.75) is 75.0 Å². The van der Waals surface area contributed by atoms with Gasteiger partial charge in [-0.3, -0.25) is 4.79 Å². The number of hydrogen-bond acceptors (Lipinski definition) is 5. The summed E-state index contributed by atoms with van der Waals surface area (Å²) in [6, 6.07) is 10.5. The van der Waals surface area contributed by atoms with E-state index in [1.54, 1.807) is 0 Å². The summed E-state index contributed by atoms with van der Waals surface area (Å²) in [6.45, 7) is 2.06. The first-order valence-electron chi connectivity index (χ1n) is 11.4. The van der Waals surface area contributed by atoms with Gasteiger partial charge in [0.2, 0.25) is 11.8 Å². The highest BCUT2D eigenvalue weighted by Crippen LogP contribution is 2.60. The zero-order valence-corrected chi connectivity index (χ0v) is 18.5. The van der Waals surface area contributed by atoms with Crippen molar-refractivity contribution < 1.29 is 9.21 Å². The molecular weight excluding hydrogens is 394 g/mol. The largest absolute Gasteiger partial charge is 0.415 e. The summed E-state index contributed by atoms with van der Waals surface area (Å²) in [7, 11) is 0. The Balaban J connectivity index is 1.11. The zero-order chi connectivity index (χ0) is 20.6. The van der Waals surface area contributed by atoms with Gasteiger partial charge >= 0.3 is 0 Å². The molecule has 4 saturated carbocycles. The maximum atomic E-state index is 12.3. The average molecular weight is 426 g/mol. The van der Waals surface area contributed by atoms with Gasteiger partial charge in [-0.15, -0.1) is 10.2 Å². The lowest BCUT2D eigenvalue weighted by molar-refractivity contribution is -0.119. The Labute approximate surface area is 182 Å². The second-order valence-corrected chi connectivity index (χ2v) is 10.8. The Bertz CT molecular complexity index is 846. The molecule has 1 aromatic carbocycles. The van der Waals surface area contributed by atoms with Crippen LogP contribution in [0.4, 0.5) is 0 Å². The van der Waals surface area contributed by atoms with Crippen molar-refractivity contribution in [1.82, 2.24) is 15.5 Å². The first kappa shape index (κ1) is 20.1. The number of nitrogens with zero attached hydrogens (tertiary/aromatic N) is 2. The molecule has 2 aromatic rings. The minimum Gasteiger partial charge on any atom is -0.415 e. The summed E-state index contributed by atoms with van der Waals surface area (Å²) in [5.41, 5.74) is 1.42. The predicted octanol–water partition coefficient (Wildman–Crippen LogP) is 4.77. The monoisotopic (exact) mass is 425 g/mol. The summed E-state index contributed by atoms with van der Waals surface area (Å²) >= 11 is 1.36. The fraction of sp³-hybridized carbons (Fsp3) is 0.625. The van der Waals surface area contributed by atoms with Gasteiger partial charge in [-0.25, -0.2) is 0 Å². The lowest BCUT2D eigenvalue weighted by atomic mass is 9.49. The third-order valence-electron chi connectivity index (χ3n) is 7.34. The fourth-order valence-electron chi connectivity index (χ4n) is 6.40. The minimum absolute atomic E-state index is 0.0233. The van der Waals surface area contributed by atoms with Crippen LogP contribution in [0.25, 0.3) is 0 Å². The van der Waals surface area contributed by atoms with Gasteiger partial charge in [0.25, 0.3) is 5.22 Å². The average Bonchev–Trinajstić information content (AvgIpc) is 3.21. The maximum absolute atomic E-state index is 12.3. The van der Waals surface area contributed by atoms with Gasteiger partial charge in [0, 0.05) is 11.5 Å². The highest BCUT2D eigenvalue weighted by atomic mass is 32.2. The molecule has 1 heterocycles. The van der Waals surface area contributed by atoms with Crippen LogP contribution in [0.15, 0.2) is 40.0 Å². The predicted molar refractivity (Wildman–Crippen MR) is 117 cm³/mol. The quantitative estimate of drug-likeness (QED) is 0.617. The Kier molecular flexibility index (Phi) is 5.61. The van der Waals surface area contributed by atoms with Crippen LogP contribution in [0.1, 0.15) is 63.3 Å². The smallest absolute Gasteiger partial charge is 0.277 e. The van der Waals surface area contributed by atoms with Crippen LogP contribution in [0.5, 0.6) is 0 Å². The number of hydrogen-bond donors (Lipinski definition) is 1. The van der Waals surface area contributed by atoms with Crippen LogP contribution >= 0.6 is 11.8 Å². The number of carbonyl (C=O) groups is 1. The van der Waals surface area contributed by atoms with Crippen LogP contribution in [-0.4, -0.2) is 27.9 Å². The molecular formula is C24H31N3O2S. The molecule has 6 rings (SSSR count). The van der Waals surface area contributed by atoms with Crippen LogP contribution in [-0.2, 0) is 16.6 Å². The van der Waals surface area contributed by atoms with E-state index in [2.05, 4.69) is 46.7 Å². The second-order valence-electron chi connectivity index (χ2n) is 9.85. The van der Waals surface area contributed by atoms with Gasteiger partial charge in [0.05, 0.1) is 5.75 Å². The van der Waals surface area contributed by atoms with Gasteiger partial charge < -0.3 is 9.73 Å². The molecule has 0 saturated heterocycles. The van der Waals surface area contributed by atoms with Gasteiger partial charge in [-0.1, -0.05) is 42.1 Å². The van der Waals surface area contributed by atoms with Gasteiger partial charge in [-0.05, 0) is 81.6 Å². The maximum Gasteiger partial charge on any atom is 0.277 e. The van der Waals surface area contributed by atoms with Crippen molar-refractivity contribution in [2.75, 3.05) is 5.75 Å². The van der Waals surface area contributed by atoms with E-state index in [4.69, 9.17) is 4.42 Å². The molecule has 1 amide bonds. The van der Waals surface area contributed by atoms with Gasteiger partial charge in [0.1, 0.15) is 0 Å². The van der Waals surface area contributed by atoms with E-state index in [-0.39, 0.29) is 17.4 Å². The summed E-state index contributed by atoms with van der Waals surface area (Å²) in [4.78, 5) is 12.3. The summed E-state index contributed by atoms with van der Waals surface area (Å²) < 4.78 is 6.09. The number of nitrogens with one attached hydrogen (secondary N) is 1. The molecule has 30 heavy (non-hydrogen) atoms. The Morgan fingerprint density at radius 3 is 2.47 bits per heavy atom. The Hall–Kier alpha value is -1.82. The summed E-state index contributed by atoms with van der Waals surface area (Å²) in [5, 5.41) is 12.3. The van der Waals surface area contributed by atoms with E-state index >= 15 is 0 Å². The molecule has 4 fully saturated rings. The van der Waals surface area contributed by atoms with Crippen molar-refractivity contribution in [3.8, 4) is 0 Å². The fourth-order valence-corrected chi connectivity index (χ4v) is 6.97. The number of rotatable bonds is 8. The molecule has 1 aromatic heterocycles. The molecule has 4 bridgehead atoms. The highest BCUT2D eigenvalue weighted by Gasteiger charge is 2.54. The highest BCUT2D eigenvalue weighted by molar-refractivity contribution is 7.99. The van der Waals surface area contributed by atoms with E-state index in [0.29, 0.717) is 11.0 Å². The van der Waals surface area contributed by atoms with E-state index in [1.165, 1.54) is 55.9 Å². The SMILES string of the molecule is C[C@H](CCc1ccccc1)NC(=O)CSc1nnc(C23CC4CC(CC(C4)C2)C3)o1. The van der Waals surface area contributed by atoms with Crippen molar-refractivity contribution in [3.05, 3.63) is 41.8 Å². The lowest BCUT2D eigenvalue weighted by Gasteiger charge is -2.55. The number of amides is 1. The normalized spacial score (nSPS) is 30.4. The molecule has 160 valence electrons. The van der Waals surface area contributed by atoms with E-state index in [1.807, 2.05) is 6.07 Å². The number of carbonyl (C=O) groups excluding carboxylic acids is 1. The van der Waals surface area contributed by atoms with Gasteiger partial charge in [0.15, 0.2) is 0 Å². The Morgan fingerprint density at radius 2 is 1.80 bits per heavy atom. The molecule has 0 radical (unpaired) electrons. The lowest BCUT2D eigenvalue weighted by Crippen LogP contribution is -2.48. The van der Waals surface area contributed by atoms with Crippen molar-refractivity contribution >= 4 is 17.7 Å². The van der Waals surface area contributed by atoms with E-state index < -0.39 is 0 Å². The zero-order valence-electron chi connectivity index (χ0n) is 17.7. The molecule has 4 aliphatic rings. The number of aryl methyl sites for hydroxylation is 1. The summed E-state index contributed by atoms with van der Waals surface area (Å²) in [5.74, 6) is 3.72. The molecule has 5 nitrogen and oxygen atoms in total. The Morgan fingerprint density at radius 1 is 1.13 bits per heavy atom. The molecule has 0 aliphatic heterocycles. The van der Waals surface area contributed by atoms with Crippen molar-refractivity contribution in [1.29, 1.82) is 0 Å². The first-order valence-corrected chi connectivity index (χ1v) is 12.4. The third-order valence-corrected chi connectivity index (χ3v) is 8.16. The summed E-state index contributed by atoms with van der Waals surface area (Å²) in [6.07, 6.45) is 9.73. The van der Waals surface area contributed by atoms with Crippen LogP contribution in [0, 0.1) is 17.8 Å². The second kappa shape index (κ2) is 8.37. The first-order chi connectivity index (χ1) is 14.6.